The number of carbonyl (C=O) groups is 1. The first-order chi connectivity index (χ1) is 13.9. The molecule has 0 saturated carbocycles. The van der Waals surface area contributed by atoms with Gasteiger partial charge in [0, 0.05) is 12.0 Å². The predicted molar refractivity (Wildman–Crippen MR) is 119 cm³/mol. The van der Waals surface area contributed by atoms with Gasteiger partial charge in [0.2, 0.25) is 0 Å². The van der Waals surface area contributed by atoms with E-state index >= 15 is 0 Å². The Bertz CT molecular complexity index is 389. The van der Waals surface area contributed by atoms with Crippen molar-refractivity contribution >= 4 is 5.97 Å². The molecule has 5 nitrogen and oxygen atoms in total. The van der Waals surface area contributed by atoms with Crippen LogP contribution in [0.4, 0.5) is 0 Å². The lowest BCUT2D eigenvalue weighted by Crippen LogP contribution is -2.40. The van der Waals surface area contributed by atoms with Crippen LogP contribution in [0.15, 0.2) is 0 Å². The van der Waals surface area contributed by atoms with Crippen molar-refractivity contribution in [2.45, 2.75) is 105 Å². The lowest BCUT2D eigenvalue weighted by atomic mass is 9.84. The second kappa shape index (κ2) is 17.1. The van der Waals surface area contributed by atoms with Gasteiger partial charge in [0.15, 0.2) is 0 Å². The second-order valence-electron chi connectivity index (χ2n) is 8.89. The minimum Gasteiger partial charge on any atom is -0.464 e. The normalized spacial score (nSPS) is 12.3. The van der Waals surface area contributed by atoms with Gasteiger partial charge >= 0.3 is 5.97 Å². The predicted octanol–water partition coefficient (Wildman–Crippen LogP) is 5.26. The van der Waals surface area contributed by atoms with Crippen molar-refractivity contribution in [3.8, 4) is 0 Å². The van der Waals surface area contributed by atoms with E-state index in [0.717, 1.165) is 25.9 Å². The molecule has 0 aliphatic heterocycles. The Kier molecular flexibility index (Phi) is 16.7. The Labute approximate surface area is 179 Å². The number of hydrogen-bond acceptors (Lipinski definition) is 5. The van der Waals surface area contributed by atoms with Crippen molar-refractivity contribution in [2.24, 2.45) is 10.8 Å². The highest BCUT2D eigenvalue weighted by Crippen LogP contribution is 2.29. The summed E-state index contributed by atoms with van der Waals surface area (Å²) in [5.74, 6) is -0.552. The van der Waals surface area contributed by atoms with Crippen LogP contribution in [0.25, 0.3) is 0 Å². The van der Waals surface area contributed by atoms with E-state index in [9.17, 15) is 15.0 Å². The van der Waals surface area contributed by atoms with E-state index in [1.165, 1.54) is 64.7 Å². The molecule has 0 aromatic carbocycles. The van der Waals surface area contributed by atoms with Crippen molar-refractivity contribution in [3.63, 3.8) is 0 Å². The average Bonchev–Trinajstić information content (AvgIpc) is 2.76. The highest BCUT2D eigenvalue weighted by molar-refractivity contribution is 5.76. The topological polar surface area (TPSA) is 76.0 Å². The van der Waals surface area contributed by atoms with Crippen LogP contribution < -0.4 is 0 Å². The largest absolute Gasteiger partial charge is 0.464 e. The van der Waals surface area contributed by atoms with Crippen molar-refractivity contribution in [3.05, 3.63) is 0 Å². The van der Waals surface area contributed by atoms with Crippen LogP contribution in [0.5, 0.6) is 0 Å². The van der Waals surface area contributed by atoms with Gasteiger partial charge in [-0.15, -0.1) is 0 Å². The van der Waals surface area contributed by atoms with Crippen molar-refractivity contribution in [1.82, 2.24) is 0 Å². The molecule has 0 unspecified atom stereocenters. The molecule has 0 radical (unpaired) electrons. The molecule has 0 aliphatic carbocycles. The van der Waals surface area contributed by atoms with E-state index in [2.05, 4.69) is 20.8 Å². The fraction of sp³-hybridized carbons (Fsp3) is 0.958. The first kappa shape index (κ1) is 28.4. The van der Waals surface area contributed by atoms with Gasteiger partial charge in [-0.3, -0.25) is 4.79 Å². The fourth-order valence-electron chi connectivity index (χ4n) is 3.25. The van der Waals surface area contributed by atoms with E-state index in [1.54, 1.807) is 0 Å². The van der Waals surface area contributed by atoms with Crippen molar-refractivity contribution in [1.29, 1.82) is 0 Å². The van der Waals surface area contributed by atoms with Gasteiger partial charge in [-0.05, 0) is 26.2 Å². The van der Waals surface area contributed by atoms with E-state index in [4.69, 9.17) is 9.47 Å². The third-order valence-corrected chi connectivity index (χ3v) is 6.25. The summed E-state index contributed by atoms with van der Waals surface area (Å²) >= 11 is 0. The first-order valence-electron chi connectivity index (χ1n) is 11.9. The van der Waals surface area contributed by atoms with Crippen LogP contribution in [0.2, 0.25) is 0 Å². The number of hydrogen-bond donors (Lipinski definition) is 2. The van der Waals surface area contributed by atoms with Gasteiger partial charge in [0.1, 0.15) is 5.41 Å². The zero-order valence-corrected chi connectivity index (χ0v) is 19.6. The molecule has 0 rings (SSSR count). The Morgan fingerprint density at radius 3 is 1.69 bits per heavy atom. The van der Waals surface area contributed by atoms with Gasteiger partial charge in [-0.2, -0.15) is 0 Å². The van der Waals surface area contributed by atoms with Gasteiger partial charge in [-0.25, -0.2) is 0 Å². The highest BCUT2D eigenvalue weighted by Gasteiger charge is 2.36. The molecule has 29 heavy (non-hydrogen) atoms. The maximum absolute atomic E-state index is 12.2. The first-order valence-corrected chi connectivity index (χ1v) is 11.9. The van der Waals surface area contributed by atoms with E-state index in [-0.39, 0.29) is 12.0 Å². The maximum Gasteiger partial charge on any atom is 0.316 e. The van der Waals surface area contributed by atoms with E-state index < -0.39 is 24.6 Å². The zero-order chi connectivity index (χ0) is 22.0. The molecule has 174 valence electrons. The molecule has 5 heteroatoms. The Balaban J connectivity index is 3.99. The van der Waals surface area contributed by atoms with Crippen molar-refractivity contribution < 1.29 is 24.5 Å². The maximum atomic E-state index is 12.2. The molecular formula is C24H48O5. The molecule has 0 saturated heterocycles. The third kappa shape index (κ3) is 12.0. The van der Waals surface area contributed by atoms with E-state index in [1.807, 2.05) is 0 Å². The van der Waals surface area contributed by atoms with Crippen LogP contribution in [0, 0.1) is 10.8 Å². The van der Waals surface area contributed by atoms with Crippen LogP contribution in [0.1, 0.15) is 105 Å². The number of aliphatic hydroxyl groups excluding tert-OH is 2. The van der Waals surface area contributed by atoms with Crippen LogP contribution in [-0.4, -0.2) is 49.2 Å². The third-order valence-electron chi connectivity index (χ3n) is 6.25. The van der Waals surface area contributed by atoms with Gasteiger partial charge < -0.3 is 19.7 Å². The number of unbranched alkanes of at least 4 members (excludes halogenated alkanes) is 9. The van der Waals surface area contributed by atoms with Gasteiger partial charge in [0.25, 0.3) is 0 Å². The summed E-state index contributed by atoms with van der Waals surface area (Å²) in [6.45, 7) is 8.65. The summed E-state index contributed by atoms with van der Waals surface area (Å²) in [6.07, 6.45) is 14.8. The molecule has 0 spiro atoms. The molecule has 0 amide bonds. The van der Waals surface area contributed by atoms with Crippen molar-refractivity contribution in [2.75, 3.05) is 33.0 Å². The zero-order valence-electron chi connectivity index (χ0n) is 19.6. The molecule has 0 atom stereocenters. The molecule has 0 heterocycles. The second-order valence-corrected chi connectivity index (χ2v) is 8.89. The monoisotopic (exact) mass is 416 g/mol. The highest BCUT2D eigenvalue weighted by atomic mass is 16.5. The molecule has 0 aliphatic rings. The summed E-state index contributed by atoms with van der Waals surface area (Å²) in [7, 11) is 0. The SMILES string of the molecule is CCCCCCCCCCCCOCC(CC)(CC)COC(=O)C(C)(CO)CO. The summed E-state index contributed by atoms with van der Waals surface area (Å²) in [5.41, 5.74) is -1.45. The molecular weight excluding hydrogens is 368 g/mol. The lowest BCUT2D eigenvalue weighted by molar-refractivity contribution is -0.165. The van der Waals surface area contributed by atoms with Crippen LogP contribution in [0.3, 0.4) is 0 Å². The number of carbonyl (C=O) groups excluding carboxylic acids is 1. The Morgan fingerprint density at radius 1 is 0.759 bits per heavy atom. The number of aliphatic hydroxyl groups is 2. The number of esters is 1. The molecule has 2 N–H and O–H groups in total. The van der Waals surface area contributed by atoms with E-state index in [0.29, 0.717) is 6.61 Å². The van der Waals surface area contributed by atoms with Gasteiger partial charge in [0.05, 0.1) is 26.4 Å². The van der Waals surface area contributed by atoms with Crippen LogP contribution >= 0.6 is 0 Å². The Hall–Kier alpha value is -0.650. The fourth-order valence-corrected chi connectivity index (χ4v) is 3.25. The summed E-state index contributed by atoms with van der Waals surface area (Å²) in [6, 6.07) is 0. The van der Waals surface area contributed by atoms with Crippen LogP contribution in [-0.2, 0) is 14.3 Å². The number of rotatable bonds is 20. The summed E-state index contributed by atoms with van der Waals surface area (Å²) < 4.78 is 11.4. The smallest absolute Gasteiger partial charge is 0.316 e. The molecule has 0 aromatic heterocycles. The quantitative estimate of drug-likeness (QED) is 0.209. The minimum absolute atomic E-state index is 0.208. The lowest BCUT2D eigenvalue weighted by Gasteiger charge is -2.32. The Morgan fingerprint density at radius 2 is 1.24 bits per heavy atom. The number of ether oxygens (including phenoxy) is 2. The standard InChI is InChI=1S/C24H48O5/c1-5-8-9-10-11-12-13-14-15-16-17-28-20-24(6-2,7-3)21-29-22(27)23(4,18-25)19-26/h25-26H,5-21H2,1-4H3. The summed E-state index contributed by atoms with van der Waals surface area (Å²) in [5, 5.41) is 18.7. The average molecular weight is 417 g/mol. The molecule has 0 aromatic rings. The summed E-state index contributed by atoms with van der Waals surface area (Å²) in [4.78, 5) is 12.2. The molecule has 0 bridgehead atoms. The van der Waals surface area contributed by atoms with Gasteiger partial charge in [-0.1, -0.05) is 78.6 Å². The molecule has 0 fully saturated rings. The minimum atomic E-state index is -1.25.